The molecule has 1 N–H and O–H groups in total. The monoisotopic (exact) mass is 336 g/mol. The number of hydrogen-bond acceptors (Lipinski definition) is 5. The van der Waals surface area contributed by atoms with Gasteiger partial charge in [-0.15, -0.1) is 0 Å². The fourth-order valence-corrected chi connectivity index (χ4v) is 2.12. The molecule has 0 aliphatic carbocycles. The summed E-state index contributed by atoms with van der Waals surface area (Å²) < 4.78 is 10.5. The lowest BCUT2D eigenvalue weighted by atomic mass is 10.2. The number of benzene rings is 2. The third-order valence-corrected chi connectivity index (χ3v) is 3.34. The van der Waals surface area contributed by atoms with Crippen LogP contribution in [0.15, 0.2) is 65.1 Å². The third kappa shape index (κ3) is 4.78. The van der Waals surface area contributed by atoms with E-state index in [2.05, 4.69) is 10.3 Å². The predicted molar refractivity (Wildman–Crippen MR) is 92.3 cm³/mol. The number of hydrogen-bond donors (Lipinski definition) is 1. The first-order valence-corrected chi connectivity index (χ1v) is 7.72. The molecular weight excluding hydrogens is 320 g/mol. The molecule has 0 radical (unpaired) electrons. The van der Waals surface area contributed by atoms with Crippen LogP contribution in [0.3, 0.4) is 0 Å². The van der Waals surface area contributed by atoms with E-state index in [-0.39, 0.29) is 13.2 Å². The average Bonchev–Trinajstić information content (AvgIpc) is 3.07. The molecule has 3 aromatic rings. The van der Waals surface area contributed by atoms with Gasteiger partial charge in [0.25, 0.3) is 0 Å². The number of nitrogens with zero attached hydrogens (tertiary/aromatic N) is 1. The maximum Gasteiger partial charge on any atom is 0.325 e. The molecule has 1 aromatic heterocycles. The zero-order chi connectivity index (χ0) is 17.5. The summed E-state index contributed by atoms with van der Waals surface area (Å²) in [7, 11) is 0. The Labute approximate surface area is 144 Å². The minimum absolute atomic E-state index is 0.175. The number of para-hydroxylation sites is 2. The fourth-order valence-electron chi connectivity index (χ4n) is 2.12. The number of fused-ring (bicyclic) bond motifs is 1. The third-order valence-electron chi connectivity index (χ3n) is 3.34. The van der Waals surface area contributed by atoms with E-state index < -0.39 is 11.9 Å². The number of oxazole rings is 1. The second-order valence-corrected chi connectivity index (χ2v) is 5.22. The van der Waals surface area contributed by atoms with Crippen LogP contribution in [0.2, 0.25) is 0 Å². The van der Waals surface area contributed by atoms with Gasteiger partial charge in [0.05, 0.1) is 0 Å². The number of amides is 1. The number of ether oxygens (including phenoxy) is 1. The largest absolute Gasteiger partial charge is 0.460 e. The molecule has 0 saturated carbocycles. The van der Waals surface area contributed by atoms with E-state index >= 15 is 0 Å². The minimum Gasteiger partial charge on any atom is -0.460 e. The summed E-state index contributed by atoms with van der Waals surface area (Å²) >= 11 is 0. The van der Waals surface area contributed by atoms with Crippen LogP contribution in [0.5, 0.6) is 0 Å². The zero-order valence-electron chi connectivity index (χ0n) is 13.3. The van der Waals surface area contributed by atoms with Gasteiger partial charge in [-0.1, -0.05) is 42.5 Å². The standard InChI is InChI=1S/C19H16N2O4/c22-17(10-11-18-21-15-8-4-5-9-16(15)25-18)20-12-19(23)24-13-14-6-2-1-3-7-14/h1-11H,12-13H2,(H,20,22). The molecule has 6 heteroatoms. The van der Waals surface area contributed by atoms with Crippen molar-refractivity contribution in [3.05, 3.63) is 72.1 Å². The van der Waals surface area contributed by atoms with Gasteiger partial charge in [0.15, 0.2) is 5.58 Å². The molecule has 1 amide bonds. The second-order valence-electron chi connectivity index (χ2n) is 5.22. The molecule has 0 bridgehead atoms. The Morgan fingerprint density at radius 1 is 1.08 bits per heavy atom. The van der Waals surface area contributed by atoms with E-state index in [1.54, 1.807) is 6.07 Å². The van der Waals surface area contributed by atoms with Crippen molar-refractivity contribution in [3.8, 4) is 0 Å². The summed E-state index contributed by atoms with van der Waals surface area (Å²) in [5.41, 5.74) is 2.25. The summed E-state index contributed by atoms with van der Waals surface area (Å²) in [5, 5.41) is 2.45. The van der Waals surface area contributed by atoms with Crippen molar-refractivity contribution < 1.29 is 18.7 Å². The van der Waals surface area contributed by atoms with Crippen molar-refractivity contribution in [2.24, 2.45) is 0 Å². The lowest BCUT2D eigenvalue weighted by Gasteiger charge is -2.05. The highest BCUT2D eigenvalue weighted by Gasteiger charge is 2.06. The minimum atomic E-state index is -0.507. The van der Waals surface area contributed by atoms with Crippen LogP contribution in [-0.2, 0) is 20.9 Å². The number of carbonyl (C=O) groups is 2. The molecule has 0 aliphatic rings. The Hall–Kier alpha value is -3.41. The van der Waals surface area contributed by atoms with E-state index in [0.717, 1.165) is 5.56 Å². The SMILES string of the molecule is O=C(C=Cc1nc2ccccc2o1)NCC(=O)OCc1ccccc1. The van der Waals surface area contributed by atoms with Crippen molar-refractivity contribution in [3.63, 3.8) is 0 Å². The topological polar surface area (TPSA) is 81.4 Å². The highest BCUT2D eigenvalue weighted by molar-refractivity contribution is 5.93. The average molecular weight is 336 g/mol. The summed E-state index contributed by atoms with van der Waals surface area (Å²) in [5.74, 6) is -0.616. The van der Waals surface area contributed by atoms with Crippen LogP contribution in [-0.4, -0.2) is 23.4 Å². The quantitative estimate of drug-likeness (QED) is 0.553. The first-order valence-electron chi connectivity index (χ1n) is 7.72. The van der Waals surface area contributed by atoms with E-state index in [0.29, 0.717) is 17.0 Å². The van der Waals surface area contributed by atoms with Crippen molar-refractivity contribution in [1.82, 2.24) is 10.3 Å². The highest BCUT2D eigenvalue weighted by Crippen LogP contribution is 2.15. The maximum atomic E-state index is 11.7. The smallest absolute Gasteiger partial charge is 0.325 e. The number of nitrogens with one attached hydrogen (secondary N) is 1. The molecule has 25 heavy (non-hydrogen) atoms. The highest BCUT2D eigenvalue weighted by atomic mass is 16.5. The molecule has 0 atom stereocenters. The van der Waals surface area contributed by atoms with Gasteiger partial charge in [0, 0.05) is 12.2 Å². The van der Waals surface area contributed by atoms with Gasteiger partial charge in [-0.05, 0) is 17.7 Å². The number of aromatic nitrogens is 1. The molecule has 0 fully saturated rings. The fraction of sp³-hybridized carbons (Fsp3) is 0.105. The van der Waals surface area contributed by atoms with Crippen LogP contribution in [0, 0.1) is 0 Å². The maximum absolute atomic E-state index is 11.7. The van der Waals surface area contributed by atoms with Crippen molar-refractivity contribution in [1.29, 1.82) is 0 Å². The summed E-state index contributed by atoms with van der Waals surface area (Å²) in [6.45, 7) is -0.0299. The molecule has 0 spiro atoms. The van der Waals surface area contributed by atoms with Gasteiger partial charge >= 0.3 is 5.97 Å². The molecule has 0 saturated heterocycles. The second kappa shape index (κ2) is 7.92. The first-order chi connectivity index (χ1) is 12.2. The van der Waals surface area contributed by atoms with Gasteiger partial charge in [0.2, 0.25) is 11.8 Å². The normalized spacial score (nSPS) is 10.9. The number of rotatable bonds is 6. The van der Waals surface area contributed by atoms with E-state index in [9.17, 15) is 9.59 Å². The summed E-state index contributed by atoms with van der Waals surface area (Å²) in [6.07, 6.45) is 2.71. The molecule has 0 unspecified atom stereocenters. The molecular formula is C19H16N2O4. The Morgan fingerprint density at radius 3 is 2.64 bits per heavy atom. The Bertz CT molecular complexity index is 867. The molecule has 0 aliphatic heterocycles. The molecule has 2 aromatic carbocycles. The first kappa shape index (κ1) is 16.4. The number of esters is 1. The van der Waals surface area contributed by atoms with E-state index in [1.165, 1.54) is 12.2 Å². The van der Waals surface area contributed by atoms with Crippen LogP contribution in [0.25, 0.3) is 17.2 Å². The van der Waals surface area contributed by atoms with Gasteiger partial charge in [-0.3, -0.25) is 9.59 Å². The Balaban J connectivity index is 1.45. The molecule has 1 heterocycles. The van der Waals surface area contributed by atoms with Gasteiger partial charge in [-0.25, -0.2) is 4.98 Å². The summed E-state index contributed by atoms with van der Waals surface area (Å²) in [4.78, 5) is 27.6. The molecule has 126 valence electrons. The van der Waals surface area contributed by atoms with Gasteiger partial charge in [-0.2, -0.15) is 0 Å². The lowest BCUT2D eigenvalue weighted by Crippen LogP contribution is -2.29. The lowest BCUT2D eigenvalue weighted by molar-refractivity contribution is -0.144. The van der Waals surface area contributed by atoms with Crippen molar-refractivity contribution in [2.75, 3.05) is 6.54 Å². The number of carbonyl (C=O) groups excluding carboxylic acids is 2. The van der Waals surface area contributed by atoms with Gasteiger partial charge < -0.3 is 14.5 Å². The molecule has 3 rings (SSSR count). The van der Waals surface area contributed by atoms with Crippen LogP contribution in [0.1, 0.15) is 11.5 Å². The zero-order valence-corrected chi connectivity index (χ0v) is 13.3. The summed E-state index contributed by atoms with van der Waals surface area (Å²) in [6, 6.07) is 16.6. The van der Waals surface area contributed by atoms with Crippen LogP contribution >= 0.6 is 0 Å². The van der Waals surface area contributed by atoms with Crippen molar-refractivity contribution >= 4 is 29.1 Å². The Morgan fingerprint density at radius 2 is 1.84 bits per heavy atom. The molecule has 6 nitrogen and oxygen atoms in total. The van der Waals surface area contributed by atoms with Crippen LogP contribution in [0.4, 0.5) is 0 Å². The van der Waals surface area contributed by atoms with Crippen LogP contribution < -0.4 is 5.32 Å². The predicted octanol–water partition coefficient (Wildman–Crippen LogP) is 2.70. The van der Waals surface area contributed by atoms with E-state index in [1.807, 2.05) is 48.5 Å². The van der Waals surface area contributed by atoms with Crippen molar-refractivity contribution in [2.45, 2.75) is 6.61 Å². The van der Waals surface area contributed by atoms with E-state index in [4.69, 9.17) is 9.15 Å². The van der Waals surface area contributed by atoms with Gasteiger partial charge in [0.1, 0.15) is 18.7 Å². The Kier molecular flexibility index (Phi) is 5.21.